The fourth-order valence-corrected chi connectivity index (χ4v) is 7.35. The maximum atomic E-state index is 13.2. The first-order valence-corrected chi connectivity index (χ1v) is 11.8. The predicted molar refractivity (Wildman–Crippen MR) is 113 cm³/mol. The first-order chi connectivity index (χ1) is 14.0. The van der Waals surface area contributed by atoms with E-state index in [1.165, 1.54) is 38.5 Å². The molecule has 4 aliphatic carbocycles. The molecule has 1 atom stereocenters. The Kier molecular flexibility index (Phi) is 4.93. The second kappa shape index (κ2) is 7.46. The van der Waals surface area contributed by atoms with Gasteiger partial charge in [0, 0.05) is 17.9 Å². The Bertz CT molecular complexity index is 874. The molecule has 4 bridgehead atoms. The molecular weight excluding hydrogens is 382 g/mol. The van der Waals surface area contributed by atoms with Crippen molar-refractivity contribution in [2.75, 3.05) is 0 Å². The molecule has 0 saturated heterocycles. The number of hydrogen-bond donors (Lipinski definition) is 1. The van der Waals surface area contributed by atoms with Crippen LogP contribution in [0.4, 0.5) is 0 Å². The summed E-state index contributed by atoms with van der Waals surface area (Å²) in [6, 6.07) is 8.06. The Balaban J connectivity index is 1.28. The Hall–Kier alpha value is -1.82. The fraction of sp³-hybridized carbons (Fsp3) is 0.609. The van der Waals surface area contributed by atoms with Gasteiger partial charge in [0.1, 0.15) is 0 Å². The van der Waals surface area contributed by atoms with Gasteiger partial charge < -0.3 is 9.84 Å². The van der Waals surface area contributed by atoms with Crippen LogP contribution in [0.3, 0.4) is 0 Å². The summed E-state index contributed by atoms with van der Waals surface area (Å²) in [5, 5.41) is 7.35. The highest BCUT2D eigenvalue weighted by Crippen LogP contribution is 2.61. The van der Waals surface area contributed by atoms with Crippen molar-refractivity contribution in [1.29, 1.82) is 0 Å². The third-order valence-electron chi connectivity index (χ3n) is 7.41. The van der Waals surface area contributed by atoms with Gasteiger partial charge >= 0.3 is 0 Å². The molecule has 0 aliphatic heterocycles. The number of aromatic nitrogens is 2. The van der Waals surface area contributed by atoms with Crippen molar-refractivity contribution >= 4 is 17.7 Å². The molecular formula is C23H29N3O2S. The summed E-state index contributed by atoms with van der Waals surface area (Å²) in [6.45, 7) is 4.03. The Morgan fingerprint density at radius 2 is 1.86 bits per heavy atom. The van der Waals surface area contributed by atoms with Gasteiger partial charge in [-0.1, -0.05) is 17.3 Å². The first-order valence-electron chi connectivity index (χ1n) is 10.8. The van der Waals surface area contributed by atoms with Crippen LogP contribution >= 0.6 is 11.8 Å². The highest BCUT2D eigenvalue weighted by molar-refractivity contribution is 7.98. The van der Waals surface area contributed by atoms with Crippen LogP contribution in [0.5, 0.6) is 0 Å². The number of benzene rings is 1. The third-order valence-corrected chi connectivity index (χ3v) is 8.48. The number of amides is 1. The van der Waals surface area contributed by atoms with E-state index in [-0.39, 0.29) is 11.9 Å². The smallest absolute Gasteiger partial charge is 0.252 e. The number of hydrogen-bond acceptors (Lipinski definition) is 5. The zero-order valence-electron chi connectivity index (χ0n) is 17.2. The molecule has 5 nitrogen and oxygen atoms in total. The lowest BCUT2D eigenvalue weighted by Crippen LogP contribution is -2.55. The van der Waals surface area contributed by atoms with Crippen molar-refractivity contribution in [1.82, 2.24) is 15.5 Å². The van der Waals surface area contributed by atoms with Crippen LogP contribution in [0.25, 0.3) is 0 Å². The van der Waals surface area contributed by atoms with E-state index < -0.39 is 0 Å². The zero-order chi connectivity index (χ0) is 20.0. The molecule has 0 unspecified atom stereocenters. The fourth-order valence-electron chi connectivity index (χ4n) is 6.46. The van der Waals surface area contributed by atoms with Gasteiger partial charge in [-0.3, -0.25) is 4.79 Å². The van der Waals surface area contributed by atoms with E-state index in [0.29, 0.717) is 22.9 Å². The standard InChI is InChI=1S/C23H29N3O2S/c1-14(23-10-16-7-17(11-23)9-18(8-16)12-23)24-22(27)19-5-3-4-6-20(19)29-13-21-25-15(2)28-26-21/h3-6,14,16-18H,7-13H2,1-2H3,(H,24,27)/t14-,16?,17?,18?,23?/m0/s1. The molecule has 1 aromatic carbocycles. The van der Waals surface area contributed by atoms with Gasteiger partial charge in [0.25, 0.3) is 5.91 Å². The minimum Gasteiger partial charge on any atom is -0.349 e. The number of rotatable bonds is 6. The number of carbonyl (C=O) groups is 1. The molecule has 4 saturated carbocycles. The van der Waals surface area contributed by atoms with Gasteiger partial charge in [-0.2, -0.15) is 4.98 Å². The molecule has 2 aromatic rings. The van der Waals surface area contributed by atoms with Crippen LogP contribution in [0.15, 0.2) is 33.7 Å². The van der Waals surface area contributed by atoms with E-state index in [1.54, 1.807) is 18.7 Å². The summed E-state index contributed by atoms with van der Waals surface area (Å²) < 4.78 is 5.05. The van der Waals surface area contributed by atoms with E-state index in [4.69, 9.17) is 4.52 Å². The Morgan fingerprint density at radius 3 is 2.48 bits per heavy atom. The summed E-state index contributed by atoms with van der Waals surface area (Å²) in [6.07, 6.45) is 8.18. The average Bonchev–Trinajstić information content (AvgIpc) is 3.10. The summed E-state index contributed by atoms with van der Waals surface area (Å²) in [5.74, 6) is 4.53. The number of aryl methyl sites for hydroxylation is 1. The van der Waals surface area contributed by atoms with Crippen LogP contribution < -0.4 is 5.32 Å². The molecule has 6 rings (SSSR count). The zero-order valence-corrected chi connectivity index (χ0v) is 18.0. The van der Waals surface area contributed by atoms with E-state index in [1.807, 2.05) is 24.3 Å². The molecule has 1 heterocycles. The number of carbonyl (C=O) groups excluding carboxylic acids is 1. The lowest BCUT2D eigenvalue weighted by molar-refractivity contribution is -0.0688. The summed E-state index contributed by atoms with van der Waals surface area (Å²) in [7, 11) is 0. The third kappa shape index (κ3) is 3.72. The molecule has 4 aliphatic rings. The van der Waals surface area contributed by atoms with Gasteiger partial charge in [0.05, 0.1) is 11.3 Å². The van der Waals surface area contributed by atoms with Gasteiger partial charge in [-0.25, -0.2) is 0 Å². The summed E-state index contributed by atoms with van der Waals surface area (Å²) >= 11 is 1.58. The van der Waals surface area contributed by atoms with Crippen LogP contribution in [-0.2, 0) is 5.75 Å². The lowest BCUT2D eigenvalue weighted by atomic mass is 9.48. The predicted octanol–water partition coefficient (Wildman–Crippen LogP) is 5.01. The topological polar surface area (TPSA) is 68.0 Å². The number of thioether (sulfide) groups is 1. The minimum atomic E-state index is 0.0423. The average molecular weight is 412 g/mol. The maximum absolute atomic E-state index is 13.2. The van der Waals surface area contributed by atoms with E-state index >= 15 is 0 Å². The van der Waals surface area contributed by atoms with E-state index in [2.05, 4.69) is 22.4 Å². The molecule has 0 radical (unpaired) electrons. The van der Waals surface area contributed by atoms with Crippen molar-refractivity contribution < 1.29 is 9.32 Å². The normalized spacial score (nSPS) is 31.0. The number of nitrogens with one attached hydrogen (secondary N) is 1. The SMILES string of the molecule is Cc1nc(CSc2ccccc2C(=O)N[C@@H](C)C23CC4CC(CC(C4)C2)C3)no1. The van der Waals surface area contributed by atoms with Crippen molar-refractivity contribution in [3.05, 3.63) is 41.5 Å². The lowest BCUT2D eigenvalue weighted by Gasteiger charge is -2.59. The molecule has 29 heavy (non-hydrogen) atoms. The largest absolute Gasteiger partial charge is 0.349 e. The van der Waals surface area contributed by atoms with Gasteiger partial charge in [-0.05, 0) is 80.8 Å². The summed E-state index contributed by atoms with van der Waals surface area (Å²) in [4.78, 5) is 18.4. The van der Waals surface area contributed by atoms with Crippen LogP contribution in [0.1, 0.15) is 67.5 Å². The first kappa shape index (κ1) is 19.2. The quantitative estimate of drug-likeness (QED) is 0.677. The maximum Gasteiger partial charge on any atom is 0.252 e. The Morgan fingerprint density at radius 1 is 1.21 bits per heavy atom. The molecule has 1 N–H and O–H groups in total. The highest BCUT2D eigenvalue weighted by Gasteiger charge is 2.53. The monoisotopic (exact) mass is 411 g/mol. The molecule has 4 fully saturated rings. The Labute approximate surface area is 176 Å². The van der Waals surface area contributed by atoms with Crippen molar-refractivity contribution in [3.8, 4) is 0 Å². The summed E-state index contributed by atoms with van der Waals surface area (Å²) in [5.41, 5.74) is 1.06. The second-order valence-corrected chi connectivity index (χ2v) is 10.5. The molecule has 6 heteroatoms. The van der Waals surface area contributed by atoms with Gasteiger partial charge in [0.15, 0.2) is 5.82 Å². The van der Waals surface area contributed by atoms with Crippen molar-refractivity contribution in [2.45, 2.75) is 69.1 Å². The van der Waals surface area contributed by atoms with Crippen LogP contribution in [0.2, 0.25) is 0 Å². The van der Waals surface area contributed by atoms with Crippen molar-refractivity contribution in [2.24, 2.45) is 23.2 Å². The second-order valence-electron chi connectivity index (χ2n) is 9.49. The van der Waals surface area contributed by atoms with Gasteiger partial charge in [-0.15, -0.1) is 11.8 Å². The molecule has 1 amide bonds. The minimum absolute atomic E-state index is 0.0423. The van der Waals surface area contributed by atoms with E-state index in [0.717, 1.165) is 28.2 Å². The molecule has 1 aromatic heterocycles. The van der Waals surface area contributed by atoms with E-state index in [9.17, 15) is 4.79 Å². The van der Waals surface area contributed by atoms with Crippen molar-refractivity contribution in [3.63, 3.8) is 0 Å². The highest BCUT2D eigenvalue weighted by atomic mass is 32.2. The van der Waals surface area contributed by atoms with Gasteiger partial charge in [0.2, 0.25) is 5.89 Å². The van der Waals surface area contributed by atoms with Crippen LogP contribution in [-0.4, -0.2) is 22.1 Å². The number of nitrogens with zero attached hydrogens (tertiary/aromatic N) is 2. The van der Waals surface area contributed by atoms with Crippen LogP contribution in [0, 0.1) is 30.1 Å². The molecule has 154 valence electrons. The molecule has 0 spiro atoms.